The van der Waals surface area contributed by atoms with E-state index in [1.165, 1.54) is 39.1 Å². The summed E-state index contributed by atoms with van der Waals surface area (Å²) in [4.78, 5) is 45.0. The zero-order valence-corrected chi connectivity index (χ0v) is 41.8. The number of hydrogen-bond acceptors (Lipinski definition) is 9. The second kappa shape index (κ2) is 23.4. The number of hydrogen-bond donors (Lipinski definition) is 2. The average Bonchev–Trinajstić information content (AvgIpc) is 3.62. The summed E-state index contributed by atoms with van der Waals surface area (Å²) in [6.07, 6.45) is 0.163. The minimum absolute atomic E-state index is 0.00378. The van der Waals surface area contributed by atoms with Crippen molar-refractivity contribution in [3.05, 3.63) is 134 Å². The number of aryl methyl sites for hydroxylation is 6. The maximum atomic E-state index is 12.9. The van der Waals surface area contributed by atoms with Crippen LogP contribution in [-0.4, -0.2) is 74.5 Å². The molecule has 4 aromatic carbocycles. The Morgan fingerprint density at radius 2 is 1.52 bits per heavy atom. The summed E-state index contributed by atoms with van der Waals surface area (Å²) >= 11 is -1.77. The number of carbonyl (C=O) groups is 2. The number of nitrogens with one attached hydrogen (secondary N) is 2. The fourth-order valence-electron chi connectivity index (χ4n) is 8.20. The van der Waals surface area contributed by atoms with E-state index in [0.29, 0.717) is 24.1 Å². The predicted octanol–water partition coefficient (Wildman–Crippen LogP) is 9.42. The molecule has 2 amide bonds. The van der Waals surface area contributed by atoms with Gasteiger partial charge in [0.25, 0.3) is 5.91 Å². The molecule has 346 valence electrons. The van der Waals surface area contributed by atoms with Crippen molar-refractivity contribution in [1.82, 2.24) is 10.6 Å². The van der Waals surface area contributed by atoms with Gasteiger partial charge in [-0.15, -0.1) is 0 Å². The normalized spacial score (nSPS) is 13.7. The quantitative estimate of drug-likeness (QED) is 0.0432. The van der Waals surface area contributed by atoms with Gasteiger partial charge in [-0.1, -0.05) is 35.4 Å². The smallest absolute Gasteiger partial charge is 0.349 e. The van der Waals surface area contributed by atoms with Gasteiger partial charge in [0.15, 0.2) is 0 Å². The van der Waals surface area contributed by atoms with E-state index in [-0.39, 0.29) is 43.4 Å². The van der Waals surface area contributed by atoms with Crippen molar-refractivity contribution in [2.24, 2.45) is 0 Å². The molecule has 5 aromatic rings. The van der Waals surface area contributed by atoms with E-state index in [2.05, 4.69) is 112 Å². The number of halogens is 2. The van der Waals surface area contributed by atoms with Gasteiger partial charge in [0, 0.05) is 67.3 Å². The Labute approximate surface area is 391 Å². The van der Waals surface area contributed by atoms with Gasteiger partial charge in [-0.3, -0.25) is 9.59 Å². The van der Waals surface area contributed by atoms with E-state index in [4.69, 9.17) is 33.3 Å². The molecule has 1 saturated heterocycles. The standard InChI is InChI=1S/C40H50N5O5.C10H12O.2ClH.Ru/c1-9-43(10-2)32-12-11-31-19-34(40(48)50-35(31)20-32)39(47)41-13-14-49-23-36(46)42-21-33-22-44(37-27(5)15-25(3)16-28(37)6)24-45(33)38-29(7)17-26(4)18-30(38)8;1-8(2)11-10-7-5-4-6-9(10)3;;;/h11-12,15-20,24,33H,9-10,13-14,21-23H2,1-8H3,(H,41,47)(H,42,46);3-8H,1-2H3;2*1H;/q-1;;;;+2/p-2. The van der Waals surface area contributed by atoms with E-state index in [9.17, 15) is 14.4 Å². The van der Waals surface area contributed by atoms with Crippen molar-refractivity contribution in [1.29, 1.82) is 0 Å². The summed E-state index contributed by atoms with van der Waals surface area (Å²) in [5, 5.41) is 6.41. The molecule has 64 heavy (non-hydrogen) atoms. The summed E-state index contributed by atoms with van der Waals surface area (Å²) < 4.78 is 18.6. The van der Waals surface area contributed by atoms with Gasteiger partial charge < -0.3 is 34.5 Å². The Morgan fingerprint density at radius 1 is 0.891 bits per heavy atom. The molecule has 14 heteroatoms. The van der Waals surface area contributed by atoms with Crippen molar-refractivity contribution in [2.75, 3.05) is 60.6 Å². The number of rotatable bonds is 16. The first-order valence-corrected chi connectivity index (χ1v) is 27.1. The van der Waals surface area contributed by atoms with Gasteiger partial charge in [-0.05, 0) is 95.8 Å². The molecule has 1 atom stereocenters. The molecule has 1 aliphatic rings. The van der Waals surface area contributed by atoms with Gasteiger partial charge in [0.05, 0.1) is 6.61 Å². The number of anilines is 3. The third-order valence-corrected chi connectivity index (χ3v) is 12.6. The van der Waals surface area contributed by atoms with Crippen LogP contribution in [-0.2, 0) is 23.0 Å². The van der Waals surface area contributed by atoms with Gasteiger partial charge >= 0.3 is 103 Å². The topological polar surface area (TPSA) is 117 Å². The van der Waals surface area contributed by atoms with Crippen LogP contribution in [0.1, 0.15) is 77.0 Å². The van der Waals surface area contributed by atoms with Gasteiger partial charge in [0.2, 0.25) is 5.91 Å². The molecule has 6 rings (SSSR count). The number of para-hydroxylation sites is 1. The van der Waals surface area contributed by atoms with Crippen molar-refractivity contribution in [3.63, 3.8) is 0 Å². The van der Waals surface area contributed by atoms with E-state index in [1.54, 1.807) is 6.07 Å². The van der Waals surface area contributed by atoms with Crippen LogP contribution in [0.2, 0.25) is 0 Å². The predicted molar refractivity (Wildman–Crippen MR) is 261 cm³/mol. The van der Waals surface area contributed by atoms with E-state index < -0.39 is 25.1 Å². The Balaban J connectivity index is 0.000000469. The number of ether oxygens (including phenoxy) is 2. The molecule has 1 fully saturated rings. The maximum absolute atomic E-state index is 12.9. The van der Waals surface area contributed by atoms with Crippen LogP contribution >= 0.6 is 19.4 Å². The molecule has 1 aromatic heterocycles. The fraction of sp³-hybridized carbons (Fsp3) is 0.380. The Kier molecular flexibility index (Phi) is 18.4. The summed E-state index contributed by atoms with van der Waals surface area (Å²) in [5.74, 6) is 0.0564. The van der Waals surface area contributed by atoms with Crippen LogP contribution in [0.5, 0.6) is 5.75 Å². The van der Waals surface area contributed by atoms with Crippen LogP contribution in [0.25, 0.3) is 11.0 Å². The molecule has 11 nitrogen and oxygen atoms in total. The van der Waals surface area contributed by atoms with Crippen LogP contribution < -0.4 is 35.7 Å². The zero-order chi connectivity index (χ0) is 46.7. The van der Waals surface area contributed by atoms with Crippen molar-refractivity contribution in [3.8, 4) is 5.75 Å². The zero-order valence-electron chi connectivity index (χ0n) is 38.6. The molecule has 1 unspecified atom stereocenters. The summed E-state index contributed by atoms with van der Waals surface area (Å²) in [5.41, 5.74) is 11.2. The molecule has 2 N–H and O–H groups in total. The number of benzene rings is 4. The maximum Gasteiger partial charge on any atom is 0.349 e. The SMILES string of the molecule is CC(C)Oc1ccccc1[CH]=[Ru]([Cl])[Cl].CCN(CC)c1ccc2cc(C(=O)NCCOCC(=O)NCC3CN(c4c(C)cc(C)cc4C)[CH-]N3c3c(C)cc(C)cc3C)c(=O)oc2c1. The van der Waals surface area contributed by atoms with Crippen molar-refractivity contribution < 1.29 is 37.0 Å². The van der Waals surface area contributed by atoms with E-state index in [0.717, 1.165) is 35.8 Å². The van der Waals surface area contributed by atoms with Gasteiger partial charge in [0.1, 0.15) is 17.8 Å². The summed E-state index contributed by atoms with van der Waals surface area (Å²) in [6, 6.07) is 23.7. The number of nitrogens with zero attached hydrogens (tertiary/aromatic N) is 3. The molecular formula is C50H62Cl2N5O6Ru-. The fourth-order valence-corrected chi connectivity index (χ4v) is 10.0. The average molecular weight is 1000 g/mol. The first kappa shape index (κ1) is 50.3. The molecule has 0 bridgehead atoms. The minimum atomic E-state index is -1.77. The van der Waals surface area contributed by atoms with Crippen LogP contribution in [0, 0.1) is 48.2 Å². The third kappa shape index (κ3) is 13.4. The van der Waals surface area contributed by atoms with Crippen LogP contribution in [0.15, 0.2) is 82.0 Å². The van der Waals surface area contributed by atoms with Crippen molar-refractivity contribution >= 4 is 63.8 Å². The van der Waals surface area contributed by atoms with E-state index in [1.807, 2.05) is 60.9 Å². The number of fused-ring (bicyclic) bond motifs is 1. The monoisotopic (exact) mass is 1000 g/mol. The molecule has 0 saturated carbocycles. The molecule has 1 aliphatic heterocycles. The van der Waals surface area contributed by atoms with E-state index >= 15 is 0 Å². The van der Waals surface area contributed by atoms with Gasteiger partial charge in [-0.25, -0.2) is 4.79 Å². The van der Waals surface area contributed by atoms with Crippen molar-refractivity contribution in [2.45, 2.75) is 81.4 Å². The van der Waals surface area contributed by atoms with Crippen LogP contribution in [0.3, 0.4) is 0 Å². The number of carbonyl (C=O) groups excluding carboxylic acids is 2. The Morgan fingerprint density at radius 3 is 2.12 bits per heavy atom. The van der Waals surface area contributed by atoms with Crippen LogP contribution in [0.4, 0.5) is 17.1 Å². The number of amides is 2. The van der Waals surface area contributed by atoms with Gasteiger partial charge in [-0.2, -0.15) is 6.67 Å². The summed E-state index contributed by atoms with van der Waals surface area (Å²) in [6.45, 7) is 25.9. The second-order valence-corrected chi connectivity index (χ2v) is 22.0. The molecule has 0 aliphatic carbocycles. The Hall–Kier alpha value is -4.74. The molecule has 2 heterocycles. The first-order chi connectivity index (χ1) is 30.5. The first-order valence-electron chi connectivity index (χ1n) is 21.6. The second-order valence-electron chi connectivity index (χ2n) is 16.3. The molecular weight excluding hydrogens is 939 g/mol. The third-order valence-electron chi connectivity index (χ3n) is 10.7. The molecule has 0 spiro atoms. The molecule has 0 radical (unpaired) electrons. The largest absolute Gasteiger partial charge is 0.501 e. The summed E-state index contributed by atoms with van der Waals surface area (Å²) in [7, 11) is 11.6. The minimum Gasteiger partial charge on any atom is -0.501 e. The Bertz CT molecular complexity index is 2470.